The van der Waals surface area contributed by atoms with Gasteiger partial charge in [0.1, 0.15) is 0 Å². The number of pyridine rings is 1. The summed E-state index contributed by atoms with van der Waals surface area (Å²) in [5.74, 6) is -0.426. The fraction of sp³-hybridized carbons (Fsp3) is 0.208. The molecule has 29 heavy (non-hydrogen) atoms. The number of fused-ring (bicyclic) bond motifs is 1. The van der Waals surface area contributed by atoms with Crippen LogP contribution in [0.3, 0.4) is 0 Å². The van der Waals surface area contributed by atoms with E-state index in [0.29, 0.717) is 11.1 Å². The fourth-order valence-corrected chi connectivity index (χ4v) is 3.84. The van der Waals surface area contributed by atoms with Crippen molar-refractivity contribution in [2.45, 2.75) is 33.2 Å². The quantitative estimate of drug-likeness (QED) is 0.720. The van der Waals surface area contributed by atoms with E-state index in [2.05, 4.69) is 10.3 Å². The molecule has 1 N–H and O–H groups in total. The van der Waals surface area contributed by atoms with Crippen molar-refractivity contribution >= 4 is 23.2 Å². The lowest BCUT2D eigenvalue weighted by atomic mass is 10.1. The van der Waals surface area contributed by atoms with Crippen molar-refractivity contribution in [1.82, 2.24) is 4.98 Å². The Hall–Kier alpha value is -3.47. The minimum absolute atomic E-state index is 0.0626. The molecule has 3 aromatic rings. The highest BCUT2D eigenvalue weighted by atomic mass is 16.2. The van der Waals surface area contributed by atoms with Crippen molar-refractivity contribution in [1.29, 1.82) is 0 Å². The molecule has 1 aliphatic rings. The maximum absolute atomic E-state index is 13.2. The second kappa shape index (κ2) is 7.51. The largest absolute Gasteiger partial charge is 0.322 e. The van der Waals surface area contributed by atoms with Gasteiger partial charge in [-0.15, -0.1) is 0 Å². The zero-order valence-corrected chi connectivity index (χ0v) is 16.8. The Labute approximate surface area is 170 Å². The van der Waals surface area contributed by atoms with E-state index in [0.717, 1.165) is 34.5 Å². The van der Waals surface area contributed by atoms with Crippen molar-refractivity contribution in [3.63, 3.8) is 0 Å². The molecule has 0 bridgehead atoms. The van der Waals surface area contributed by atoms with Crippen molar-refractivity contribution in [3.05, 3.63) is 88.7 Å². The normalized spacial score (nSPS) is 15.1. The number of rotatable bonds is 3. The first kappa shape index (κ1) is 18.9. The molecule has 0 aliphatic carbocycles. The second-order valence-corrected chi connectivity index (χ2v) is 7.59. The van der Waals surface area contributed by atoms with Crippen LogP contribution in [0, 0.1) is 13.8 Å². The number of carbonyl (C=O) groups is 2. The summed E-state index contributed by atoms with van der Waals surface area (Å²) in [5, 5.41) is 2.91. The lowest BCUT2D eigenvalue weighted by Crippen LogP contribution is -2.35. The van der Waals surface area contributed by atoms with Crippen LogP contribution >= 0.6 is 0 Å². The number of aryl methyl sites for hydroxylation is 2. The predicted octanol–water partition coefficient (Wildman–Crippen LogP) is 4.54. The third-order valence-corrected chi connectivity index (χ3v) is 5.30. The van der Waals surface area contributed by atoms with E-state index < -0.39 is 0 Å². The lowest BCUT2D eigenvalue weighted by molar-refractivity contribution is 0.0981. The van der Waals surface area contributed by atoms with Gasteiger partial charge in [0.25, 0.3) is 11.8 Å². The molecule has 1 atom stereocenters. The van der Waals surface area contributed by atoms with Crippen molar-refractivity contribution in [2.75, 3.05) is 10.2 Å². The van der Waals surface area contributed by atoms with Gasteiger partial charge in [-0.2, -0.15) is 0 Å². The lowest BCUT2D eigenvalue weighted by Gasteiger charge is -2.22. The molecule has 5 nitrogen and oxygen atoms in total. The number of benzene rings is 2. The number of nitrogens with one attached hydrogen (secondary N) is 1. The van der Waals surface area contributed by atoms with E-state index in [9.17, 15) is 9.59 Å². The Morgan fingerprint density at radius 3 is 2.59 bits per heavy atom. The number of nitrogens with zero attached hydrogens (tertiary/aromatic N) is 2. The van der Waals surface area contributed by atoms with E-state index in [-0.39, 0.29) is 17.9 Å². The summed E-state index contributed by atoms with van der Waals surface area (Å²) in [4.78, 5) is 31.9. The van der Waals surface area contributed by atoms with Crippen LogP contribution in [0.25, 0.3) is 0 Å². The van der Waals surface area contributed by atoms with Gasteiger partial charge >= 0.3 is 0 Å². The fourth-order valence-electron chi connectivity index (χ4n) is 3.84. The van der Waals surface area contributed by atoms with Crippen LogP contribution in [0.4, 0.5) is 11.4 Å². The van der Waals surface area contributed by atoms with E-state index in [1.165, 1.54) is 12.4 Å². The zero-order valence-electron chi connectivity index (χ0n) is 16.8. The Morgan fingerprint density at radius 2 is 1.79 bits per heavy atom. The maximum atomic E-state index is 13.2. The Bertz CT molecular complexity index is 1110. The number of hydrogen-bond donors (Lipinski definition) is 1. The monoisotopic (exact) mass is 385 g/mol. The van der Waals surface area contributed by atoms with Gasteiger partial charge in [0.05, 0.1) is 11.1 Å². The van der Waals surface area contributed by atoms with E-state index in [4.69, 9.17) is 0 Å². The minimum atomic E-state index is -0.283. The molecule has 1 unspecified atom stereocenters. The Morgan fingerprint density at radius 1 is 1.03 bits per heavy atom. The number of anilines is 2. The van der Waals surface area contributed by atoms with Gasteiger partial charge in [0.2, 0.25) is 0 Å². The second-order valence-electron chi connectivity index (χ2n) is 7.59. The number of carbonyl (C=O) groups excluding carboxylic acids is 2. The molecule has 0 fully saturated rings. The highest BCUT2D eigenvalue weighted by molar-refractivity contribution is 6.10. The number of amides is 2. The average molecular weight is 385 g/mol. The van der Waals surface area contributed by atoms with Gasteiger partial charge in [0.15, 0.2) is 0 Å². The highest BCUT2D eigenvalue weighted by Gasteiger charge is 2.31. The SMILES string of the molecule is Cc1ccc(NC(=O)c2cncc(C(=O)N3c4ccccc4CC3C)c2)c(C)c1. The van der Waals surface area contributed by atoms with Gasteiger partial charge in [0, 0.05) is 29.8 Å². The molecule has 146 valence electrons. The standard InChI is InChI=1S/C24H23N3O2/c1-15-8-9-21(16(2)10-15)26-23(28)19-12-20(14-25-13-19)24(29)27-17(3)11-18-6-4-5-7-22(18)27/h4-10,12-14,17H,11H2,1-3H3,(H,26,28). The first-order chi connectivity index (χ1) is 13.9. The first-order valence-corrected chi connectivity index (χ1v) is 9.69. The Balaban J connectivity index is 1.59. The highest BCUT2D eigenvalue weighted by Crippen LogP contribution is 2.33. The van der Waals surface area contributed by atoms with Crippen LogP contribution in [0.2, 0.25) is 0 Å². The summed E-state index contributed by atoms with van der Waals surface area (Å²) in [5.41, 5.74) is 5.72. The van der Waals surface area contributed by atoms with Crippen LogP contribution in [-0.4, -0.2) is 22.8 Å². The third-order valence-electron chi connectivity index (χ3n) is 5.30. The van der Waals surface area contributed by atoms with Gasteiger partial charge in [-0.1, -0.05) is 35.9 Å². The summed E-state index contributed by atoms with van der Waals surface area (Å²) in [6.45, 7) is 5.99. The molecule has 1 aromatic heterocycles. The van der Waals surface area contributed by atoms with Gasteiger partial charge < -0.3 is 10.2 Å². The van der Waals surface area contributed by atoms with Crippen LogP contribution in [0.1, 0.15) is 44.3 Å². The molecule has 1 aliphatic heterocycles. The molecule has 2 amide bonds. The number of hydrogen-bond acceptors (Lipinski definition) is 3. The van der Waals surface area contributed by atoms with Gasteiger partial charge in [-0.25, -0.2) is 0 Å². The molecule has 0 spiro atoms. The molecular formula is C24H23N3O2. The van der Waals surface area contributed by atoms with Crippen molar-refractivity contribution in [2.24, 2.45) is 0 Å². The topological polar surface area (TPSA) is 62.3 Å². The van der Waals surface area contributed by atoms with Crippen LogP contribution in [0.15, 0.2) is 60.9 Å². The van der Waals surface area contributed by atoms with E-state index >= 15 is 0 Å². The minimum Gasteiger partial charge on any atom is -0.322 e. The molecular weight excluding hydrogens is 362 g/mol. The number of aromatic nitrogens is 1. The molecule has 2 aromatic carbocycles. The first-order valence-electron chi connectivity index (χ1n) is 9.69. The third kappa shape index (κ3) is 3.63. The smallest absolute Gasteiger partial charge is 0.260 e. The zero-order chi connectivity index (χ0) is 20.5. The Kier molecular flexibility index (Phi) is 4.89. The summed E-state index contributed by atoms with van der Waals surface area (Å²) in [6.07, 6.45) is 3.82. The van der Waals surface area contributed by atoms with Crippen molar-refractivity contribution in [3.8, 4) is 0 Å². The summed E-state index contributed by atoms with van der Waals surface area (Å²) in [7, 11) is 0. The van der Waals surface area contributed by atoms with Gasteiger partial charge in [-0.05, 0) is 56.5 Å². The van der Waals surface area contributed by atoms with Gasteiger partial charge in [-0.3, -0.25) is 14.6 Å². The maximum Gasteiger partial charge on any atom is 0.260 e. The molecule has 0 saturated heterocycles. The van der Waals surface area contributed by atoms with E-state index in [1.54, 1.807) is 11.0 Å². The molecule has 2 heterocycles. The molecule has 5 heteroatoms. The molecule has 0 saturated carbocycles. The van der Waals surface area contributed by atoms with E-state index in [1.807, 2.05) is 63.2 Å². The van der Waals surface area contributed by atoms with Crippen LogP contribution in [0.5, 0.6) is 0 Å². The van der Waals surface area contributed by atoms with Crippen LogP contribution in [-0.2, 0) is 6.42 Å². The predicted molar refractivity (Wildman–Crippen MR) is 115 cm³/mol. The summed E-state index contributed by atoms with van der Waals surface area (Å²) < 4.78 is 0. The van der Waals surface area contributed by atoms with Crippen LogP contribution < -0.4 is 10.2 Å². The molecule has 0 radical (unpaired) electrons. The summed E-state index contributed by atoms with van der Waals surface area (Å²) in [6, 6.07) is 15.4. The molecule has 4 rings (SSSR count). The number of para-hydroxylation sites is 1. The average Bonchev–Trinajstić information content (AvgIpc) is 3.05. The van der Waals surface area contributed by atoms with Crippen molar-refractivity contribution < 1.29 is 9.59 Å². The summed E-state index contributed by atoms with van der Waals surface area (Å²) >= 11 is 0.